The predicted molar refractivity (Wildman–Crippen MR) is 48.1 cm³/mol. The number of rotatable bonds is 2. The number of nitrogens with one attached hydrogen (secondary N) is 1. The van der Waals surface area contributed by atoms with Gasteiger partial charge in [-0.2, -0.15) is 0 Å². The number of nitrogens with two attached hydrogens (primary N) is 1. The molecule has 1 aromatic rings. The summed E-state index contributed by atoms with van der Waals surface area (Å²) < 4.78 is 12.5. The van der Waals surface area contributed by atoms with Gasteiger partial charge in [0.05, 0.1) is 17.9 Å². The van der Waals surface area contributed by atoms with Crippen LogP contribution in [0.1, 0.15) is 0 Å². The molecule has 62 valence electrons. The van der Waals surface area contributed by atoms with E-state index in [0.29, 0.717) is 17.9 Å². The predicted octanol–water partition coefficient (Wildman–Crippen LogP) is 1.45. The number of hydrogen-bond donors (Lipinski definition) is 2. The number of anilines is 2. The first-order valence-corrected chi connectivity index (χ1v) is 3.46. The van der Waals surface area contributed by atoms with Gasteiger partial charge in [0.15, 0.2) is 0 Å². The number of hydrogen-bond acceptors (Lipinski definition) is 2. The Hall–Kier alpha value is -1.69. The van der Waals surface area contributed by atoms with Crippen LogP contribution in [0.4, 0.5) is 15.8 Å². The molecule has 1 aromatic carbocycles. The molecule has 0 aliphatic heterocycles. The smallest absolute Gasteiger partial charge is 0.125 e. The zero-order valence-corrected chi connectivity index (χ0v) is 6.47. The van der Waals surface area contributed by atoms with Gasteiger partial charge < -0.3 is 11.1 Å². The van der Waals surface area contributed by atoms with E-state index in [9.17, 15) is 4.39 Å². The van der Waals surface area contributed by atoms with E-state index in [-0.39, 0.29) is 5.82 Å². The largest absolute Gasteiger partial charge is 0.397 e. The molecule has 2 nitrogen and oxygen atoms in total. The van der Waals surface area contributed by atoms with E-state index in [2.05, 4.69) is 11.2 Å². The molecule has 0 unspecified atom stereocenters. The summed E-state index contributed by atoms with van der Waals surface area (Å²) in [5, 5.41) is 2.86. The third kappa shape index (κ3) is 1.89. The Kier molecular flexibility index (Phi) is 2.54. The second-order valence-electron chi connectivity index (χ2n) is 2.29. The molecule has 0 radical (unpaired) electrons. The fraction of sp³-hybridized carbons (Fsp3) is 0.111. The zero-order valence-electron chi connectivity index (χ0n) is 6.47. The Morgan fingerprint density at radius 1 is 1.58 bits per heavy atom. The van der Waals surface area contributed by atoms with Crippen LogP contribution < -0.4 is 11.1 Å². The normalized spacial score (nSPS) is 9.00. The van der Waals surface area contributed by atoms with Crippen LogP contribution in [0.25, 0.3) is 0 Å². The maximum Gasteiger partial charge on any atom is 0.125 e. The third-order valence-corrected chi connectivity index (χ3v) is 1.39. The van der Waals surface area contributed by atoms with Crippen molar-refractivity contribution in [2.24, 2.45) is 0 Å². The maximum absolute atomic E-state index is 12.5. The lowest BCUT2D eigenvalue weighted by Crippen LogP contribution is -2.02. The van der Waals surface area contributed by atoms with Gasteiger partial charge in [0.25, 0.3) is 0 Å². The average molecular weight is 164 g/mol. The lowest BCUT2D eigenvalue weighted by molar-refractivity contribution is 0.628. The molecular weight excluding hydrogens is 155 g/mol. The first-order valence-electron chi connectivity index (χ1n) is 3.46. The molecule has 0 aliphatic rings. The van der Waals surface area contributed by atoms with Gasteiger partial charge in [-0.05, 0) is 18.2 Å². The molecule has 0 saturated heterocycles. The van der Waals surface area contributed by atoms with Gasteiger partial charge in [-0.3, -0.25) is 0 Å². The van der Waals surface area contributed by atoms with Crippen molar-refractivity contribution in [1.29, 1.82) is 0 Å². The molecule has 0 heterocycles. The van der Waals surface area contributed by atoms with E-state index in [0.717, 1.165) is 0 Å². The van der Waals surface area contributed by atoms with E-state index in [1.165, 1.54) is 12.1 Å². The van der Waals surface area contributed by atoms with Crippen molar-refractivity contribution in [1.82, 2.24) is 0 Å². The summed E-state index contributed by atoms with van der Waals surface area (Å²) in [6.45, 7) is 0.385. The highest BCUT2D eigenvalue weighted by molar-refractivity contribution is 5.66. The minimum absolute atomic E-state index is 0.348. The van der Waals surface area contributed by atoms with Gasteiger partial charge >= 0.3 is 0 Å². The monoisotopic (exact) mass is 164 g/mol. The van der Waals surface area contributed by atoms with Gasteiger partial charge in [0.2, 0.25) is 0 Å². The van der Waals surface area contributed by atoms with Crippen molar-refractivity contribution in [3.05, 3.63) is 24.0 Å². The number of terminal acetylenes is 1. The molecule has 0 fully saturated rings. The highest BCUT2D eigenvalue weighted by Gasteiger charge is 1.97. The van der Waals surface area contributed by atoms with E-state index in [1.54, 1.807) is 6.07 Å². The van der Waals surface area contributed by atoms with Crippen LogP contribution in [0.3, 0.4) is 0 Å². The quantitative estimate of drug-likeness (QED) is 0.513. The van der Waals surface area contributed by atoms with Gasteiger partial charge in [-0.1, -0.05) is 5.92 Å². The Balaban J connectivity index is 2.81. The van der Waals surface area contributed by atoms with Gasteiger partial charge in [0.1, 0.15) is 5.82 Å². The Labute approximate surface area is 70.6 Å². The number of halogens is 1. The maximum atomic E-state index is 12.5. The standard InChI is InChI=1S/C9H9FN2/c1-2-5-12-9-4-3-7(10)6-8(9)11/h1,3-4,6,12H,5,11H2. The number of benzene rings is 1. The Morgan fingerprint density at radius 3 is 2.92 bits per heavy atom. The van der Waals surface area contributed by atoms with Crippen LogP contribution in [-0.2, 0) is 0 Å². The molecule has 0 aliphatic carbocycles. The highest BCUT2D eigenvalue weighted by atomic mass is 19.1. The Bertz CT molecular complexity index is 315. The summed E-state index contributed by atoms with van der Waals surface area (Å²) in [7, 11) is 0. The molecule has 0 saturated carbocycles. The summed E-state index contributed by atoms with van der Waals surface area (Å²) >= 11 is 0. The van der Waals surface area contributed by atoms with Gasteiger partial charge in [-0.25, -0.2) is 4.39 Å². The van der Waals surface area contributed by atoms with E-state index < -0.39 is 0 Å². The van der Waals surface area contributed by atoms with Crippen LogP contribution >= 0.6 is 0 Å². The van der Waals surface area contributed by atoms with Crippen molar-refractivity contribution >= 4 is 11.4 Å². The lowest BCUT2D eigenvalue weighted by Gasteiger charge is -2.05. The van der Waals surface area contributed by atoms with E-state index >= 15 is 0 Å². The molecule has 0 bridgehead atoms. The fourth-order valence-corrected chi connectivity index (χ4v) is 0.841. The first kappa shape index (κ1) is 8.41. The summed E-state index contributed by atoms with van der Waals surface area (Å²) in [5.41, 5.74) is 6.52. The lowest BCUT2D eigenvalue weighted by atomic mass is 10.2. The molecule has 0 amide bonds. The van der Waals surface area contributed by atoms with E-state index in [1.807, 2.05) is 0 Å². The fourth-order valence-electron chi connectivity index (χ4n) is 0.841. The molecule has 3 N–H and O–H groups in total. The minimum atomic E-state index is -0.348. The molecule has 0 atom stereocenters. The van der Waals surface area contributed by atoms with Crippen molar-refractivity contribution in [3.63, 3.8) is 0 Å². The second-order valence-corrected chi connectivity index (χ2v) is 2.29. The van der Waals surface area contributed by atoms with E-state index in [4.69, 9.17) is 12.2 Å². The van der Waals surface area contributed by atoms with Crippen molar-refractivity contribution in [2.45, 2.75) is 0 Å². The summed E-state index contributed by atoms with van der Waals surface area (Å²) in [5.74, 6) is 2.05. The highest BCUT2D eigenvalue weighted by Crippen LogP contribution is 2.18. The van der Waals surface area contributed by atoms with Gasteiger partial charge in [-0.15, -0.1) is 6.42 Å². The average Bonchev–Trinajstić information content (AvgIpc) is 2.03. The van der Waals surface area contributed by atoms with Gasteiger partial charge in [0, 0.05) is 0 Å². The third-order valence-electron chi connectivity index (χ3n) is 1.39. The molecule has 1 rings (SSSR count). The van der Waals surface area contributed by atoms with Crippen molar-refractivity contribution < 1.29 is 4.39 Å². The minimum Gasteiger partial charge on any atom is -0.397 e. The molecule has 0 aromatic heterocycles. The van der Waals surface area contributed by atoms with Crippen LogP contribution in [0.15, 0.2) is 18.2 Å². The molecule has 3 heteroatoms. The summed E-state index contributed by atoms with van der Waals surface area (Å²) in [6.07, 6.45) is 5.03. The van der Waals surface area contributed by atoms with Crippen molar-refractivity contribution in [3.8, 4) is 12.3 Å². The van der Waals surface area contributed by atoms with Crippen LogP contribution in [0.5, 0.6) is 0 Å². The van der Waals surface area contributed by atoms with Crippen molar-refractivity contribution in [2.75, 3.05) is 17.6 Å². The Morgan fingerprint density at radius 2 is 2.33 bits per heavy atom. The zero-order chi connectivity index (χ0) is 8.97. The SMILES string of the molecule is C#CCNc1ccc(F)cc1N. The second kappa shape index (κ2) is 3.63. The molecule has 12 heavy (non-hydrogen) atoms. The summed E-state index contributed by atoms with van der Waals surface area (Å²) in [6, 6.07) is 4.13. The first-order chi connectivity index (χ1) is 5.74. The number of nitrogen functional groups attached to an aromatic ring is 1. The van der Waals surface area contributed by atoms with Crippen LogP contribution in [-0.4, -0.2) is 6.54 Å². The van der Waals surface area contributed by atoms with Crippen LogP contribution in [0.2, 0.25) is 0 Å². The molecule has 0 spiro atoms. The van der Waals surface area contributed by atoms with Crippen LogP contribution in [0, 0.1) is 18.2 Å². The topological polar surface area (TPSA) is 38.0 Å². The summed E-state index contributed by atoms with van der Waals surface area (Å²) in [4.78, 5) is 0. The molecular formula is C9H9FN2.